The van der Waals surface area contributed by atoms with Crippen molar-refractivity contribution >= 4 is 29.6 Å². The number of hydrogen-bond acceptors (Lipinski definition) is 5. The Bertz CT molecular complexity index is 776. The van der Waals surface area contributed by atoms with Gasteiger partial charge in [-0.2, -0.15) is 0 Å². The predicted octanol–water partition coefficient (Wildman–Crippen LogP) is 2.04. The Kier molecular flexibility index (Phi) is 5.59. The minimum Gasteiger partial charge on any atom is -0.545 e. The Labute approximate surface area is 146 Å². The van der Waals surface area contributed by atoms with Gasteiger partial charge in [0.15, 0.2) is 0 Å². The minimum atomic E-state index is -1.21. The number of benzene rings is 2. The van der Waals surface area contributed by atoms with Crippen molar-refractivity contribution in [1.29, 1.82) is 0 Å². The van der Waals surface area contributed by atoms with Crippen LogP contribution < -0.4 is 10.0 Å². The molecule has 1 aliphatic heterocycles. The van der Waals surface area contributed by atoms with Crippen molar-refractivity contribution in [2.24, 2.45) is 4.99 Å². The zero-order chi connectivity index (χ0) is 17.5. The molecular formula is C20H19N2O3-. The normalized spacial score (nSPS) is 15.1. The Morgan fingerprint density at radius 1 is 1.08 bits per heavy atom. The van der Waals surface area contributed by atoms with Crippen molar-refractivity contribution < 1.29 is 14.6 Å². The van der Waals surface area contributed by atoms with Crippen LogP contribution in [0.15, 0.2) is 59.6 Å². The van der Waals surface area contributed by atoms with E-state index >= 15 is 0 Å². The van der Waals surface area contributed by atoms with Crippen molar-refractivity contribution in [3.8, 4) is 0 Å². The van der Waals surface area contributed by atoms with Gasteiger partial charge in [-0.1, -0.05) is 30.3 Å². The van der Waals surface area contributed by atoms with Crippen LogP contribution in [0.3, 0.4) is 0 Å². The molecule has 1 fully saturated rings. The number of hydrogen-bond donors (Lipinski definition) is 0. The standard InChI is InChI=1S/C20H20N2O3/c23-20(24)9-6-16-2-1-3-18(14-16)21-15-17-4-7-19(8-5-17)22-10-12-25-13-11-22/h1-9,14-15H,10-13H2,(H,23,24)/p-1. The molecule has 0 unspecified atom stereocenters. The monoisotopic (exact) mass is 335 g/mol. The molecule has 3 rings (SSSR count). The zero-order valence-electron chi connectivity index (χ0n) is 13.8. The number of carboxylic acid groups (broad SMARTS) is 1. The maximum absolute atomic E-state index is 10.5. The van der Waals surface area contributed by atoms with Crippen LogP contribution in [-0.4, -0.2) is 38.5 Å². The lowest BCUT2D eigenvalue weighted by Gasteiger charge is -2.28. The fourth-order valence-corrected chi connectivity index (χ4v) is 2.61. The van der Waals surface area contributed by atoms with Gasteiger partial charge in [0, 0.05) is 25.0 Å². The third-order valence-electron chi connectivity index (χ3n) is 3.91. The van der Waals surface area contributed by atoms with Crippen LogP contribution in [-0.2, 0) is 9.53 Å². The maximum Gasteiger partial charge on any atom is 0.0643 e. The van der Waals surface area contributed by atoms with E-state index in [0.29, 0.717) is 0 Å². The van der Waals surface area contributed by atoms with Gasteiger partial charge >= 0.3 is 0 Å². The number of carboxylic acids is 1. The number of morpholine rings is 1. The molecule has 1 aliphatic rings. The fourth-order valence-electron chi connectivity index (χ4n) is 2.61. The van der Waals surface area contributed by atoms with E-state index in [4.69, 9.17) is 4.74 Å². The van der Waals surface area contributed by atoms with Crippen molar-refractivity contribution in [3.05, 3.63) is 65.7 Å². The molecule has 0 atom stereocenters. The first-order valence-electron chi connectivity index (χ1n) is 8.17. The Hall–Kier alpha value is -2.92. The van der Waals surface area contributed by atoms with E-state index in [0.717, 1.165) is 49.2 Å². The number of ether oxygens (including phenoxy) is 1. The van der Waals surface area contributed by atoms with Gasteiger partial charge in [-0.3, -0.25) is 4.99 Å². The highest BCUT2D eigenvalue weighted by molar-refractivity contribution is 5.84. The van der Waals surface area contributed by atoms with Gasteiger partial charge in [0.1, 0.15) is 0 Å². The highest BCUT2D eigenvalue weighted by atomic mass is 16.5. The van der Waals surface area contributed by atoms with Crippen LogP contribution >= 0.6 is 0 Å². The summed E-state index contributed by atoms with van der Waals surface area (Å²) in [5, 5.41) is 10.5. The van der Waals surface area contributed by atoms with Crippen LogP contribution in [0, 0.1) is 0 Å². The van der Waals surface area contributed by atoms with Gasteiger partial charge in [0.2, 0.25) is 0 Å². The van der Waals surface area contributed by atoms with Crippen LogP contribution in [0.4, 0.5) is 11.4 Å². The van der Waals surface area contributed by atoms with Gasteiger partial charge in [-0.25, -0.2) is 0 Å². The summed E-state index contributed by atoms with van der Waals surface area (Å²) >= 11 is 0. The van der Waals surface area contributed by atoms with Gasteiger partial charge in [-0.05, 0) is 41.5 Å². The molecule has 0 N–H and O–H groups in total. The number of carbonyl (C=O) groups excluding carboxylic acids is 1. The third-order valence-corrected chi connectivity index (χ3v) is 3.91. The molecule has 0 saturated carbocycles. The van der Waals surface area contributed by atoms with Crippen LogP contribution in [0.2, 0.25) is 0 Å². The molecule has 1 heterocycles. The second-order valence-corrected chi connectivity index (χ2v) is 5.70. The number of aliphatic imine (C=N–C) groups is 1. The molecule has 5 heteroatoms. The SMILES string of the molecule is O=C([O-])C=Cc1cccc(N=Cc2ccc(N3CCOCC3)cc2)c1. The van der Waals surface area contributed by atoms with E-state index in [1.807, 2.05) is 36.4 Å². The fraction of sp³-hybridized carbons (Fsp3) is 0.200. The molecule has 2 aromatic rings. The van der Waals surface area contributed by atoms with E-state index in [-0.39, 0.29) is 0 Å². The molecule has 0 radical (unpaired) electrons. The summed E-state index contributed by atoms with van der Waals surface area (Å²) in [6, 6.07) is 15.6. The lowest BCUT2D eigenvalue weighted by molar-refractivity contribution is -0.297. The summed E-state index contributed by atoms with van der Waals surface area (Å²) < 4.78 is 5.37. The molecule has 0 spiro atoms. The number of anilines is 1. The summed E-state index contributed by atoms with van der Waals surface area (Å²) in [4.78, 5) is 17.2. The third kappa shape index (κ3) is 5.02. The van der Waals surface area contributed by atoms with Crippen LogP contribution in [0.1, 0.15) is 11.1 Å². The molecule has 5 nitrogen and oxygen atoms in total. The topological polar surface area (TPSA) is 65.0 Å². The Morgan fingerprint density at radius 2 is 1.84 bits per heavy atom. The number of carbonyl (C=O) groups is 1. The zero-order valence-corrected chi connectivity index (χ0v) is 13.8. The highest BCUT2D eigenvalue weighted by Gasteiger charge is 2.10. The quantitative estimate of drug-likeness (QED) is 0.619. The number of rotatable bonds is 5. The van der Waals surface area contributed by atoms with E-state index in [9.17, 15) is 9.90 Å². The molecule has 0 bridgehead atoms. The summed E-state index contributed by atoms with van der Waals surface area (Å²) in [6.07, 6.45) is 4.29. The van der Waals surface area contributed by atoms with Gasteiger partial charge in [0.25, 0.3) is 0 Å². The molecular weight excluding hydrogens is 316 g/mol. The highest BCUT2D eigenvalue weighted by Crippen LogP contribution is 2.18. The number of aliphatic carboxylic acids is 1. The molecule has 25 heavy (non-hydrogen) atoms. The van der Waals surface area contributed by atoms with Gasteiger partial charge in [-0.15, -0.1) is 0 Å². The van der Waals surface area contributed by atoms with E-state index in [2.05, 4.69) is 22.0 Å². The molecule has 0 aromatic heterocycles. The van der Waals surface area contributed by atoms with Crippen molar-refractivity contribution in [2.45, 2.75) is 0 Å². The summed E-state index contributed by atoms with van der Waals surface area (Å²) in [7, 11) is 0. The maximum atomic E-state index is 10.5. The first-order chi connectivity index (χ1) is 12.2. The molecule has 0 amide bonds. The van der Waals surface area contributed by atoms with Gasteiger partial charge in [0.05, 0.1) is 24.9 Å². The summed E-state index contributed by atoms with van der Waals surface area (Å²) in [5.74, 6) is -1.21. The summed E-state index contributed by atoms with van der Waals surface area (Å²) in [5.41, 5.74) is 3.72. The lowest BCUT2D eigenvalue weighted by atomic mass is 10.2. The van der Waals surface area contributed by atoms with E-state index in [1.54, 1.807) is 6.21 Å². The predicted molar refractivity (Wildman–Crippen MR) is 97.2 cm³/mol. The smallest absolute Gasteiger partial charge is 0.0643 e. The van der Waals surface area contributed by atoms with Crippen LogP contribution in [0.5, 0.6) is 0 Å². The van der Waals surface area contributed by atoms with E-state index < -0.39 is 5.97 Å². The second-order valence-electron chi connectivity index (χ2n) is 5.70. The summed E-state index contributed by atoms with van der Waals surface area (Å²) in [6.45, 7) is 3.37. The average molecular weight is 335 g/mol. The van der Waals surface area contributed by atoms with Gasteiger partial charge < -0.3 is 19.5 Å². The van der Waals surface area contributed by atoms with E-state index in [1.165, 1.54) is 11.8 Å². The first kappa shape index (κ1) is 16.9. The van der Waals surface area contributed by atoms with Crippen molar-refractivity contribution in [1.82, 2.24) is 0 Å². The Balaban J connectivity index is 1.67. The number of nitrogens with zero attached hydrogens (tertiary/aromatic N) is 2. The average Bonchev–Trinajstić information content (AvgIpc) is 2.66. The molecule has 0 aliphatic carbocycles. The van der Waals surface area contributed by atoms with Crippen LogP contribution in [0.25, 0.3) is 6.08 Å². The molecule has 128 valence electrons. The largest absolute Gasteiger partial charge is 0.545 e. The lowest BCUT2D eigenvalue weighted by Crippen LogP contribution is -2.36. The molecule has 1 saturated heterocycles. The molecule has 2 aromatic carbocycles. The Morgan fingerprint density at radius 3 is 2.56 bits per heavy atom. The van der Waals surface area contributed by atoms with Crippen molar-refractivity contribution in [2.75, 3.05) is 31.2 Å². The minimum absolute atomic E-state index is 0.762. The van der Waals surface area contributed by atoms with Crippen molar-refractivity contribution in [3.63, 3.8) is 0 Å². The second kappa shape index (κ2) is 8.26. The first-order valence-corrected chi connectivity index (χ1v) is 8.17.